The van der Waals surface area contributed by atoms with Crippen LogP contribution in [0, 0.1) is 6.92 Å². The maximum absolute atomic E-state index is 12.7. The van der Waals surface area contributed by atoms with Crippen LogP contribution in [-0.2, 0) is 17.8 Å². The Morgan fingerprint density at radius 2 is 2.00 bits per heavy atom. The van der Waals surface area contributed by atoms with Crippen molar-refractivity contribution in [2.24, 2.45) is 0 Å². The standard InChI is InChI=1S/C21H22N4O2S/c1-14(8-9-16-6-4-3-5-7-16)23-20(26)12-25-21(27)18-11-19-17(10-15(2)28-19)24(18)13-22-25/h3-7,10-11,13-14H,8-9,12H2,1-2H3,(H,23,26)/t14-/m0/s1. The van der Waals surface area contributed by atoms with Gasteiger partial charge in [-0.2, -0.15) is 5.10 Å². The number of nitrogens with zero attached hydrogens (tertiary/aromatic N) is 3. The van der Waals surface area contributed by atoms with Crippen molar-refractivity contribution < 1.29 is 4.79 Å². The van der Waals surface area contributed by atoms with Gasteiger partial charge in [0, 0.05) is 10.9 Å². The van der Waals surface area contributed by atoms with Gasteiger partial charge in [0.25, 0.3) is 5.56 Å². The van der Waals surface area contributed by atoms with Gasteiger partial charge in [0.05, 0.1) is 10.2 Å². The summed E-state index contributed by atoms with van der Waals surface area (Å²) in [5.74, 6) is -0.205. The molecular formula is C21H22N4O2S. The minimum absolute atomic E-state index is 0.0220. The molecule has 7 heteroatoms. The molecule has 0 unspecified atom stereocenters. The largest absolute Gasteiger partial charge is 0.352 e. The molecule has 6 nitrogen and oxygen atoms in total. The summed E-state index contributed by atoms with van der Waals surface area (Å²) in [7, 11) is 0. The zero-order valence-electron chi connectivity index (χ0n) is 15.9. The molecule has 1 N–H and O–H groups in total. The number of hydrogen-bond acceptors (Lipinski definition) is 4. The van der Waals surface area contributed by atoms with E-state index in [0.29, 0.717) is 5.52 Å². The lowest BCUT2D eigenvalue weighted by molar-refractivity contribution is -0.122. The quantitative estimate of drug-likeness (QED) is 0.546. The molecule has 3 heterocycles. The second kappa shape index (κ2) is 7.59. The molecule has 4 aromatic rings. The van der Waals surface area contributed by atoms with Crippen molar-refractivity contribution >= 4 is 33.0 Å². The maximum Gasteiger partial charge on any atom is 0.291 e. The van der Waals surface area contributed by atoms with Crippen molar-refractivity contribution in [3.63, 3.8) is 0 Å². The highest BCUT2D eigenvalue weighted by Gasteiger charge is 2.14. The van der Waals surface area contributed by atoms with Crippen molar-refractivity contribution in [3.05, 3.63) is 69.6 Å². The number of carbonyl (C=O) groups is 1. The smallest absolute Gasteiger partial charge is 0.291 e. The molecular weight excluding hydrogens is 372 g/mol. The summed E-state index contributed by atoms with van der Waals surface area (Å²) < 4.78 is 4.07. The molecule has 0 saturated heterocycles. The average molecular weight is 394 g/mol. The molecule has 1 amide bonds. The first-order valence-electron chi connectivity index (χ1n) is 9.32. The van der Waals surface area contributed by atoms with Gasteiger partial charge in [-0.1, -0.05) is 30.3 Å². The third-order valence-corrected chi connectivity index (χ3v) is 5.81. The Kier molecular flexibility index (Phi) is 5.00. The predicted molar refractivity (Wildman–Crippen MR) is 112 cm³/mol. The first-order valence-corrected chi connectivity index (χ1v) is 10.1. The van der Waals surface area contributed by atoms with E-state index in [9.17, 15) is 9.59 Å². The predicted octanol–water partition coefficient (Wildman–Crippen LogP) is 3.16. The summed E-state index contributed by atoms with van der Waals surface area (Å²) in [5.41, 5.74) is 2.51. The highest BCUT2D eigenvalue weighted by atomic mass is 32.1. The van der Waals surface area contributed by atoms with Crippen LogP contribution >= 0.6 is 11.3 Å². The molecule has 0 spiro atoms. The molecule has 0 radical (unpaired) electrons. The number of carbonyl (C=O) groups excluding carboxylic acids is 1. The van der Waals surface area contributed by atoms with Crippen LogP contribution in [-0.4, -0.2) is 26.1 Å². The number of aryl methyl sites for hydroxylation is 2. The number of hydrogen-bond donors (Lipinski definition) is 1. The minimum atomic E-state index is -0.254. The van der Waals surface area contributed by atoms with E-state index in [2.05, 4.69) is 22.5 Å². The number of nitrogens with one attached hydrogen (secondary N) is 1. The molecule has 0 aliphatic rings. The van der Waals surface area contributed by atoms with E-state index in [-0.39, 0.29) is 24.1 Å². The lowest BCUT2D eigenvalue weighted by Crippen LogP contribution is -2.38. The number of benzene rings is 1. The Bertz CT molecular complexity index is 1190. The summed E-state index contributed by atoms with van der Waals surface area (Å²) in [4.78, 5) is 26.3. The Hall–Kier alpha value is -2.93. The van der Waals surface area contributed by atoms with Crippen LogP contribution < -0.4 is 10.9 Å². The Morgan fingerprint density at radius 3 is 2.79 bits per heavy atom. The molecule has 0 bridgehead atoms. The van der Waals surface area contributed by atoms with E-state index < -0.39 is 0 Å². The fraction of sp³-hybridized carbons (Fsp3) is 0.286. The molecule has 1 aromatic carbocycles. The summed E-state index contributed by atoms with van der Waals surface area (Å²) in [6.07, 6.45) is 3.34. The van der Waals surface area contributed by atoms with Crippen LogP contribution in [0.4, 0.5) is 0 Å². The van der Waals surface area contributed by atoms with Crippen LogP contribution in [0.25, 0.3) is 15.7 Å². The number of rotatable bonds is 6. The van der Waals surface area contributed by atoms with Gasteiger partial charge >= 0.3 is 0 Å². The zero-order chi connectivity index (χ0) is 19.7. The van der Waals surface area contributed by atoms with E-state index >= 15 is 0 Å². The third-order valence-electron chi connectivity index (χ3n) is 4.82. The first-order chi connectivity index (χ1) is 13.5. The molecule has 0 fully saturated rings. The molecule has 144 valence electrons. The third kappa shape index (κ3) is 3.71. The second-order valence-corrected chi connectivity index (χ2v) is 8.38. The summed E-state index contributed by atoms with van der Waals surface area (Å²) in [6, 6.07) is 14.1. The molecule has 28 heavy (non-hydrogen) atoms. The zero-order valence-corrected chi connectivity index (χ0v) is 16.7. The van der Waals surface area contributed by atoms with Crippen LogP contribution in [0.3, 0.4) is 0 Å². The topological polar surface area (TPSA) is 68.4 Å². The molecule has 4 rings (SSSR count). The first kappa shape index (κ1) is 18.4. The van der Waals surface area contributed by atoms with Crippen molar-refractivity contribution in [2.45, 2.75) is 39.3 Å². The molecule has 1 atom stereocenters. The Morgan fingerprint density at radius 1 is 1.21 bits per heavy atom. The minimum Gasteiger partial charge on any atom is -0.352 e. The van der Waals surface area contributed by atoms with E-state index in [1.165, 1.54) is 15.1 Å². The van der Waals surface area contributed by atoms with E-state index in [4.69, 9.17) is 0 Å². The lowest BCUT2D eigenvalue weighted by Gasteiger charge is -2.14. The number of thiophene rings is 1. The highest BCUT2D eigenvalue weighted by molar-refractivity contribution is 7.19. The molecule has 0 aliphatic carbocycles. The summed E-state index contributed by atoms with van der Waals surface area (Å²) in [6.45, 7) is 3.93. The van der Waals surface area contributed by atoms with Crippen LogP contribution in [0.2, 0.25) is 0 Å². The molecule has 3 aromatic heterocycles. The van der Waals surface area contributed by atoms with Gasteiger partial charge < -0.3 is 5.32 Å². The fourth-order valence-corrected chi connectivity index (χ4v) is 4.34. The van der Waals surface area contributed by atoms with Crippen LogP contribution in [0.1, 0.15) is 23.8 Å². The maximum atomic E-state index is 12.7. The van der Waals surface area contributed by atoms with Crippen molar-refractivity contribution in [1.29, 1.82) is 0 Å². The van der Waals surface area contributed by atoms with Gasteiger partial charge in [0.1, 0.15) is 18.4 Å². The van der Waals surface area contributed by atoms with Crippen molar-refractivity contribution in [3.8, 4) is 0 Å². The summed E-state index contributed by atoms with van der Waals surface area (Å²) in [5, 5.41) is 7.15. The number of fused-ring (bicyclic) bond motifs is 3. The van der Waals surface area contributed by atoms with Gasteiger partial charge in [-0.25, -0.2) is 4.68 Å². The SMILES string of the molecule is Cc1cc2c(cc3c(=O)n(CC(=O)N[C@@H](C)CCc4ccccc4)ncn32)s1. The number of aromatic nitrogens is 3. The van der Waals surface area contributed by atoms with Gasteiger partial charge in [0.2, 0.25) is 5.91 Å². The Balaban J connectivity index is 1.43. The molecule has 0 aliphatic heterocycles. The van der Waals surface area contributed by atoms with Gasteiger partial charge in [-0.3, -0.25) is 14.0 Å². The second-order valence-electron chi connectivity index (χ2n) is 7.09. The van der Waals surface area contributed by atoms with Crippen LogP contribution in [0.15, 0.2) is 53.6 Å². The van der Waals surface area contributed by atoms with E-state index in [1.54, 1.807) is 22.1 Å². The van der Waals surface area contributed by atoms with Gasteiger partial charge in [-0.05, 0) is 44.4 Å². The van der Waals surface area contributed by atoms with Crippen molar-refractivity contribution in [2.75, 3.05) is 0 Å². The fourth-order valence-electron chi connectivity index (χ4n) is 3.39. The highest BCUT2D eigenvalue weighted by Crippen LogP contribution is 2.26. The normalized spacial score (nSPS) is 12.5. The van der Waals surface area contributed by atoms with Crippen LogP contribution in [0.5, 0.6) is 0 Å². The Labute approximate surface area is 166 Å². The van der Waals surface area contributed by atoms with Gasteiger partial charge in [-0.15, -0.1) is 11.3 Å². The monoisotopic (exact) mass is 394 g/mol. The summed E-state index contributed by atoms with van der Waals surface area (Å²) >= 11 is 1.64. The lowest BCUT2D eigenvalue weighted by atomic mass is 10.1. The molecule has 0 saturated carbocycles. The van der Waals surface area contributed by atoms with E-state index in [1.807, 2.05) is 44.2 Å². The van der Waals surface area contributed by atoms with E-state index in [0.717, 1.165) is 23.1 Å². The van der Waals surface area contributed by atoms with Crippen molar-refractivity contribution in [1.82, 2.24) is 19.5 Å². The number of amides is 1. The average Bonchev–Trinajstić information content (AvgIpc) is 3.20. The van der Waals surface area contributed by atoms with Gasteiger partial charge in [0.15, 0.2) is 0 Å².